The number of aromatic nitrogens is 2. The van der Waals surface area contributed by atoms with Crippen molar-refractivity contribution in [2.24, 2.45) is 10.3 Å². The second-order valence-electron chi connectivity index (χ2n) is 5.24. The fraction of sp³-hybridized carbons (Fsp3) is 0.312. The summed E-state index contributed by atoms with van der Waals surface area (Å²) in [5.74, 6) is -1.65. The Labute approximate surface area is 144 Å². The Morgan fingerprint density at radius 1 is 1.36 bits per heavy atom. The number of benzene rings is 1. The van der Waals surface area contributed by atoms with Gasteiger partial charge in [-0.3, -0.25) is 5.01 Å². The first-order chi connectivity index (χ1) is 11.9. The van der Waals surface area contributed by atoms with E-state index in [1.54, 1.807) is 19.1 Å². The van der Waals surface area contributed by atoms with E-state index in [2.05, 4.69) is 20.3 Å². The number of imidazole rings is 1. The number of nitrogens with one attached hydrogen (secondary N) is 1. The summed E-state index contributed by atoms with van der Waals surface area (Å²) in [5.41, 5.74) is 1.64. The fourth-order valence-corrected chi connectivity index (χ4v) is 2.15. The number of rotatable bonds is 7. The van der Waals surface area contributed by atoms with Crippen molar-refractivity contribution < 1.29 is 19.4 Å². The van der Waals surface area contributed by atoms with Crippen molar-refractivity contribution >= 4 is 17.8 Å². The summed E-state index contributed by atoms with van der Waals surface area (Å²) in [5, 5.41) is 18.4. The molecule has 25 heavy (non-hydrogen) atoms. The van der Waals surface area contributed by atoms with Crippen LogP contribution in [0, 0.1) is 6.92 Å². The summed E-state index contributed by atoms with van der Waals surface area (Å²) in [7, 11) is 1.48. The molecule has 2 aromatic rings. The molecule has 0 amide bonds. The molecule has 0 saturated heterocycles. The zero-order chi connectivity index (χ0) is 18.4. The molecule has 0 radical (unpaired) electrons. The summed E-state index contributed by atoms with van der Waals surface area (Å²) in [6.07, 6.45) is 1.29. The molecule has 1 heterocycles. The Kier molecular flexibility index (Phi) is 5.83. The number of H-pyrrole nitrogens is 1. The van der Waals surface area contributed by atoms with Crippen LogP contribution >= 0.6 is 0 Å². The lowest BCUT2D eigenvalue weighted by molar-refractivity contribution is -0.143. The van der Waals surface area contributed by atoms with Gasteiger partial charge in [-0.2, -0.15) is 0 Å². The van der Waals surface area contributed by atoms with Crippen LogP contribution in [0.4, 0.5) is 5.82 Å². The van der Waals surface area contributed by atoms with Crippen molar-refractivity contribution in [2.45, 2.75) is 19.9 Å². The van der Waals surface area contributed by atoms with Crippen LogP contribution in [-0.4, -0.2) is 45.7 Å². The van der Waals surface area contributed by atoms with Crippen LogP contribution in [0.15, 0.2) is 40.9 Å². The topological polar surface area (TPSA) is 120 Å². The second-order valence-corrected chi connectivity index (χ2v) is 5.24. The monoisotopic (exact) mass is 345 g/mol. The number of carboxylic acids is 1. The molecule has 132 valence electrons. The Morgan fingerprint density at radius 3 is 2.64 bits per heavy atom. The van der Waals surface area contributed by atoms with E-state index in [0.717, 1.165) is 5.56 Å². The van der Waals surface area contributed by atoms with Crippen molar-refractivity contribution in [1.82, 2.24) is 15.0 Å². The van der Waals surface area contributed by atoms with Crippen molar-refractivity contribution in [3.05, 3.63) is 47.4 Å². The number of esters is 1. The molecule has 0 bridgehead atoms. The van der Waals surface area contributed by atoms with Crippen LogP contribution in [0.5, 0.6) is 0 Å². The molecule has 0 fully saturated rings. The van der Waals surface area contributed by atoms with Gasteiger partial charge in [-0.15, -0.1) is 5.11 Å². The van der Waals surface area contributed by atoms with E-state index in [0.29, 0.717) is 5.56 Å². The average Bonchev–Trinajstić information content (AvgIpc) is 3.03. The maximum atomic E-state index is 11.8. The number of likely N-dealkylation sites (N-methyl/N-ethyl adjacent to an activating group) is 1. The molecule has 1 aromatic heterocycles. The van der Waals surface area contributed by atoms with E-state index in [9.17, 15) is 14.7 Å². The zero-order valence-corrected chi connectivity index (χ0v) is 14.1. The maximum absolute atomic E-state index is 11.8. The van der Waals surface area contributed by atoms with Crippen LogP contribution in [0.1, 0.15) is 34.6 Å². The van der Waals surface area contributed by atoms with E-state index >= 15 is 0 Å². The highest BCUT2D eigenvalue weighted by Crippen LogP contribution is 2.22. The van der Waals surface area contributed by atoms with Crippen LogP contribution < -0.4 is 0 Å². The van der Waals surface area contributed by atoms with Gasteiger partial charge in [0.25, 0.3) is 0 Å². The standard InChI is InChI=1S/C16H19N5O4/c1-4-25-16(24)12-14(18-9-17-12)19-20-21(3)13(15(22)23)11-7-5-10(2)6-8-11/h5-9,13H,4H2,1-3H3,(H,17,18)(H,22,23)/b20-19+. The fourth-order valence-electron chi connectivity index (χ4n) is 2.15. The number of aromatic amines is 1. The normalized spacial score (nSPS) is 12.1. The molecule has 2 rings (SSSR count). The molecule has 0 aliphatic rings. The van der Waals surface area contributed by atoms with Crippen LogP contribution in [0.2, 0.25) is 0 Å². The first-order valence-corrected chi connectivity index (χ1v) is 7.58. The number of aliphatic carboxylic acids is 1. The average molecular weight is 345 g/mol. The van der Waals surface area contributed by atoms with E-state index in [1.807, 2.05) is 19.1 Å². The van der Waals surface area contributed by atoms with E-state index < -0.39 is 18.0 Å². The summed E-state index contributed by atoms with van der Waals surface area (Å²) in [6.45, 7) is 3.81. The van der Waals surface area contributed by atoms with E-state index in [1.165, 1.54) is 18.4 Å². The third-order valence-corrected chi connectivity index (χ3v) is 3.38. The van der Waals surface area contributed by atoms with Crippen molar-refractivity contribution in [1.29, 1.82) is 0 Å². The number of carbonyl (C=O) groups is 2. The van der Waals surface area contributed by atoms with Gasteiger partial charge in [0, 0.05) is 7.05 Å². The number of carbonyl (C=O) groups excluding carboxylic acids is 1. The minimum Gasteiger partial charge on any atom is -0.479 e. The largest absolute Gasteiger partial charge is 0.479 e. The van der Waals surface area contributed by atoms with Crippen LogP contribution in [-0.2, 0) is 9.53 Å². The first kappa shape index (κ1) is 18.1. The first-order valence-electron chi connectivity index (χ1n) is 7.58. The Bertz CT molecular complexity index is 769. The van der Waals surface area contributed by atoms with E-state index in [4.69, 9.17) is 4.74 Å². The molecule has 9 nitrogen and oxygen atoms in total. The Balaban J connectivity index is 2.21. The van der Waals surface area contributed by atoms with Crippen molar-refractivity contribution in [3.8, 4) is 0 Å². The minimum atomic E-state index is -1.07. The van der Waals surface area contributed by atoms with Gasteiger partial charge in [0.1, 0.15) is 0 Å². The van der Waals surface area contributed by atoms with Gasteiger partial charge < -0.3 is 14.8 Å². The van der Waals surface area contributed by atoms with Crippen LogP contribution in [0.3, 0.4) is 0 Å². The van der Waals surface area contributed by atoms with E-state index in [-0.39, 0.29) is 18.1 Å². The lowest BCUT2D eigenvalue weighted by atomic mass is 10.1. The third-order valence-electron chi connectivity index (χ3n) is 3.38. The van der Waals surface area contributed by atoms with Gasteiger partial charge in [0.15, 0.2) is 11.7 Å². The van der Waals surface area contributed by atoms with Crippen LogP contribution in [0.25, 0.3) is 0 Å². The number of hydrogen-bond donors (Lipinski definition) is 2. The van der Waals surface area contributed by atoms with Crippen molar-refractivity contribution in [2.75, 3.05) is 13.7 Å². The molecular formula is C16H19N5O4. The highest BCUT2D eigenvalue weighted by molar-refractivity contribution is 5.91. The number of ether oxygens (including phenoxy) is 1. The lowest BCUT2D eigenvalue weighted by Gasteiger charge is -2.20. The molecule has 0 saturated carbocycles. The second kappa shape index (κ2) is 8.04. The third kappa shape index (κ3) is 4.40. The zero-order valence-electron chi connectivity index (χ0n) is 14.1. The van der Waals surface area contributed by atoms with Gasteiger partial charge in [0.05, 0.1) is 12.9 Å². The summed E-state index contributed by atoms with van der Waals surface area (Å²) in [6, 6.07) is 6.07. The lowest BCUT2D eigenvalue weighted by Crippen LogP contribution is -2.26. The molecule has 2 N–H and O–H groups in total. The summed E-state index contributed by atoms with van der Waals surface area (Å²) < 4.78 is 4.88. The quantitative estimate of drug-likeness (QED) is 0.452. The highest BCUT2D eigenvalue weighted by Gasteiger charge is 2.24. The molecular weight excluding hydrogens is 326 g/mol. The number of hydrogen-bond acceptors (Lipinski definition) is 6. The summed E-state index contributed by atoms with van der Waals surface area (Å²) in [4.78, 5) is 29.9. The van der Waals surface area contributed by atoms with Gasteiger partial charge in [0.2, 0.25) is 5.82 Å². The molecule has 0 aliphatic carbocycles. The highest BCUT2D eigenvalue weighted by atomic mass is 16.5. The SMILES string of the molecule is CCOC(=O)c1[nH]cnc1/N=N/N(C)C(C(=O)O)c1ccc(C)cc1. The van der Waals surface area contributed by atoms with Gasteiger partial charge in [-0.1, -0.05) is 35.1 Å². The minimum absolute atomic E-state index is 0.0262. The molecule has 0 spiro atoms. The molecule has 9 heteroatoms. The van der Waals surface area contributed by atoms with Gasteiger partial charge >= 0.3 is 11.9 Å². The number of carboxylic acid groups (broad SMARTS) is 1. The van der Waals surface area contributed by atoms with Gasteiger partial charge in [-0.25, -0.2) is 14.6 Å². The molecule has 0 aliphatic heterocycles. The van der Waals surface area contributed by atoms with Crippen molar-refractivity contribution in [3.63, 3.8) is 0 Å². The smallest absolute Gasteiger partial charge is 0.358 e. The molecule has 1 aromatic carbocycles. The number of nitrogens with zero attached hydrogens (tertiary/aromatic N) is 4. The van der Waals surface area contributed by atoms with Gasteiger partial charge in [-0.05, 0) is 19.4 Å². The Hall–Kier alpha value is -3.23. The molecule has 1 unspecified atom stereocenters. The Morgan fingerprint density at radius 2 is 2.04 bits per heavy atom. The number of aryl methyl sites for hydroxylation is 1. The predicted molar refractivity (Wildman–Crippen MR) is 88.4 cm³/mol. The summed E-state index contributed by atoms with van der Waals surface area (Å²) >= 11 is 0. The predicted octanol–water partition coefficient (Wildman–Crippen LogP) is 2.65. The maximum Gasteiger partial charge on any atom is 0.358 e. The molecule has 1 atom stereocenters.